The molecular weight excluding hydrogens is 254 g/mol. The molecule has 5 nitrogen and oxygen atoms in total. The lowest BCUT2D eigenvalue weighted by atomic mass is 10.2. The third-order valence-corrected chi connectivity index (χ3v) is 2.82. The maximum absolute atomic E-state index is 11.8. The van der Waals surface area contributed by atoms with E-state index in [1.165, 1.54) is 0 Å². The summed E-state index contributed by atoms with van der Waals surface area (Å²) in [5.74, 6) is 1.07. The van der Waals surface area contributed by atoms with Crippen LogP contribution in [0.2, 0.25) is 0 Å². The molecular formula is C15H21N3O2. The highest BCUT2D eigenvalue weighted by molar-refractivity contribution is 5.78. The molecule has 0 saturated heterocycles. The Morgan fingerprint density at radius 2 is 2.15 bits per heavy atom. The number of hydrogen-bond acceptors (Lipinski definition) is 4. The summed E-state index contributed by atoms with van der Waals surface area (Å²) < 4.78 is 5.49. The molecule has 0 atom stereocenters. The topological polar surface area (TPSA) is 67.0 Å². The van der Waals surface area contributed by atoms with Crippen molar-refractivity contribution in [3.05, 3.63) is 34.6 Å². The quantitative estimate of drug-likeness (QED) is 0.761. The molecule has 0 bridgehead atoms. The third-order valence-electron chi connectivity index (χ3n) is 2.82. The van der Waals surface area contributed by atoms with E-state index in [2.05, 4.69) is 29.1 Å². The zero-order valence-corrected chi connectivity index (χ0v) is 12.0. The highest BCUT2D eigenvalue weighted by atomic mass is 16.5. The average molecular weight is 275 g/mol. The lowest BCUT2D eigenvalue weighted by Crippen LogP contribution is -2.15. The number of ether oxygens (including phenoxy) is 1. The van der Waals surface area contributed by atoms with E-state index in [-0.39, 0.29) is 5.56 Å². The molecule has 20 heavy (non-hydrogen) atoms. The average Bonchev–Trinajstić information content (AvgIpc) is 2.42. The Kier molecular flexibility index (Phi) is 5.12. The van der Waals surface area contributed by atoms with Crippen LogP contribution in [0.4, 0.5) is 5.95 Å². The number of hydrogen-bond donors (Lipinski definition) is 2. The first-order valence-corrected chi connectivity index (χ1v) is 6.97. The second kappa shape index (κ2) is 7.05. The molecule has 0 aliphatic rings. The summed E-state index contributed by atoms with van der Waals surface area (Å²) >= 11 is 0. The van der Waals surface area contributed by atoms with Gasteiger partial charge in [0, 0.05) is 19.8 Å². The molecule has 0 aliphatic heterocycles. The van der Waals surface area contributed by atoms with Gasteiger partial charge in [-0.15, -0.1) is 0 Å². The third kappa shape index (κ3) is 4.06. The van der Waals surface area contributed by atoms with E-state index in [9.17, 15) is 4.79 Å². The highest BCUT2D eigenvalue weighted by Gasteiger charge is 2.02. The second-order valence-electron chi connectivity index (χ2n) is 5.18. The van der Waals surface area contributed by atoms with Gasteiger partial charge in [0.15, 0.2) is 0 Å². The van der Waals surface area contributed by atoms with Crippen molar-refractivity contribution in [2.45, 2.75) is 20.3 Å². The standard InChI is InChI=1S/C15H21N3O2/c1-11(2)10-20-9-5-8-16-15-17-13-7-4-3-6-12(13)14(19)18-15/h3-4,6-7,11H,5,8-10H2,1-2H3,(H2,16,17,18,19). The summed E-state index contributed by atoms with van der Waals surface area (Å²) in [6.07, 6.45) is 0.878. The van der Waals surface area contributed by atoms with Crippen molar-refractivity contribution in [1.82, 2.24) is 9.97 Å². The highest BCUT2D eigenvalue weighted by Crippen LogP contribution is 2.07. The fourth-order valence-corrected chi connectivity index (χ4v) is 1.87. The van der Waals surface area contributed by atoms with Gasteiger partial charge in [0.25, 0.3) is 5.56 Å². The number of nitrogens with one attached hydrogen (secondary N) is 2. The monoisotopic (exact) mass is 275 g/mol. The molecule has 2 N–H and O–H groups in total. The van der Waals surface area contributed by atoms with Gasteiger partial charge in [-0.1, -0.05) is 26.0 Å². The number of aromatic amines is 1. The SMILES string of the molecule is CC(C)COCCCNc1nc2ccccc2c(=O)[nH]1. The molecule has 2 rings (SSSR count). The Hall–Kier alpha value is -1.88. The van der Waals surface area contributed by atoms with Crippen LogP contribution in [0, 0.1) is 5.92 Å². The van der Waals surface area contributed by atoms with Crippen LogP contribution in [-0.2, 0) is 4.74 Å². The zero-order chi connectivity index (χ0) is 14.4. The van der Waals surface area contributed by atoms with Crippen molar-refractivity contribution >= 4 is 16.9 Å². The molecule has 1 heterocycles. The Bertz CT molecular complexity index is 607. The first kappa shape index (κ1) is 14.5. The Morgan fingerprint density at radius 1 is 1.35 bits per heavy atom. The fourth-order valence-electron chi connectivity index (χ4n) is 1.87. The first-order valence-electron chi connectivity index (χ1n) is 6.97. The van der Waals surface area contributed by atoms with Crippen molar-refractivity contribution in [3.8, 4) is 0 Å². The Labute approximate surface area is 118 Å². The van der Waals surface area contributed by atoms with Crippen LogP contribution in [0.5, 0.6) is 0 Å². The second-order valence-corrected chi connectivity index (χ2v) is 5.18. The van der Waals surface area contributed by atoms with Crippen LogP contribution < -0.4 is 10.9 Å². The van der Waals surface area contributed by atoms with Gasteiger partial charge in [0.2, 0.25) is 5.95 Å². The van der Waals surface area contributed by atoms with E-state index in [1.807, 2.05) is 18.2 Å². The fraction of sp³-hybridized carbons (Fsp3) is 0.467. The summed E-state index contributed by atoms with van der Waals surface area (Å²) in [5, 5.41) is 3.73. The number of nitrogens with zero attached hydrogens (tertiary/aromatic N) is 1. The van der Waals surface area contributed by atoms with Crippen LogP contribution in [0.25, 0.3) is 10.9 Å². The van der Waals surface area contributed by atoms with Crippen LogP contribution >= 0.6 is 0 Å². The molecule has 0 aliphatic carbocycles. The van der Waals surface area contributed by atoms with Crippen molar-refractivity contribution in [1.29, 1.82) is 0 Å². The molecule has 0 unspecified atom stereocenters. The maximum atomic E-state index is 11.8. The van der Waals surface area contributed by atoms with Crippen molar-refractivity contribution in [3.63, 3.8) is 0 Å². The molecule has 0 amide bonds. The van der Waals surface area contributed by atoms with E-state index in [4.69, 9.17) is 4.74 Å². The van der Waals surface area contributed by atoms with Gasteiger partial charge in [-0.2, -0.15) is 0 Å². The first-order chi connectivity index (χ1) is 9.66. The molecule has 1 aromatic heterocycles. The van der Waals surface area contributed by atoms with Gasteiger partial charge in [-0.3, -0.25) is 9.78 Å². The van der Waals surface area contributed by atoms with Crippen LogP contribution in [-0.4, -0.2) is 29.7 Å². The van der Waals surface area contributed by atoms with Crippen molar-refractivity contribution in [2.75, 3.05) is 25.1 Å². The van der Waals surface area contributed by atoms with Gasteiger partial charge in [0.05, 0.1) is 10.9 Å². The molecule has 0 saturated carbocycles. The molecule has 0 spiro atoms. The molecule has 0 fully saturated rings. The number of para-hydroxylation sites is 1. The summed E-state index contributed by atoms with van der Waals surface area (Å²) in [5.41, 5.74) is 0.587. The lowest BCUT2D eigenvalue weighted by molar-refractivity contribution is 0.110. The largest absolute Gasteiger partial charge is 0.381 e. The lowest BCUT2D eigenvalue weighted by Gasteiger charge is -2.08. The van der Waals surface area contributed by atoms with Gasteiger partial charge in [-0.05, 0) is 24.5 Å². The zero-order valence-electron chi connectivity index (χ0n) is 12.0. The number of H-pyrrole nitrogens is 1. The van der Waals surface area contributed by atoms with Gasteiger partial charge >= 0.3 is 0 Å². The number of benzene rings is 1. The van der Waals surface area contributed by atoms with E-state index in [0.29, 0.717) is 29.4 Å². The summed E-state index contributed by atoms with van der Waals surface area (Å²) in [6.45, 7) is 6.47. The maximum Gasteiger partial charge on any atom is 0.260 e. The predicted octanol–water partition coefficient (Wildman–Crippen LogP) is 2.40. The van der Waals surface area contributed by atoms with Gasteiger partial charge < -0.3 is 10.1 Å². The van der Waals surface area contributed by atoms with E-state index < -0.39 is 0 Å². The Morgan fingerprint density at radius 3 is 2.95 bits per heavy atom. The predicted molar refractivity (Wildman–Crippen MR) is 81.1 cm³/mol. The minimum Gasteiger partial charge on any atom is -0.381 e. The van der Waals surface area contributed by atoms with Crippen LogP contribution in [0.1, 0.15) is 20.3 Å². The van der Waals surface area contributed by atoms with E-state index in [0.717, 1.165) is 19.6 Å². The Balaban J connectivity index is 1.86. The molecule has 5 heteroatoms. The van der Waals surface area contributed by atoms with Crippen molar-refractivity contribution < 1.29 is 4.74 Å². The van der Waals surface area contributed by atoms with Crippen molar-refractivity contribution in [2.24, 2.45) is 5.92 Å². The van der Waals surface area contributed by atoms with Crippen LogP contribution in [0.3, 0.4) is 0 Å². The number of anilines is 1. The molecule has 0 radical (unpaired) electrons. The molecule has 2 aromatic rings. The smallest absolute Gasteiger partial charge is 0.260 e. The van der Waals surface area contributed by atoms with E-state index in [1.54, 1.807) is 6.07 Å². The molecule has 108 valence electrons. The summed E-state index contributed by atoms with van der Waals surface area (Å²) in [6, 6.07) is 7.31. The van der Waals surface area contributed by atoms with E-state index >= 15 is 0 Å². The normalized spacial score (nSPS) is 11.2. The van der Waals surface area contributed by atoms with Gasteiger partial charge in [0.1, 0.15) is 0 Å². The van der Waals surface area contributed by atoms with Gasteiger partial charge in [-0.25, -0.2) is 4.98 Å². The van der Waals surface area contributed by atoms with Crippen LogP contribution in [0.15, 0.2) is 29.1 Å². The minimum atomic E-state index is -0.117. The number of fused-ring (bicyclic) bond motifs is 1. The summed E-state index contributed by atoms with van der Waals surface area (Å²) in [7, 11) is 0. The molecule has 1 aromatic carbocycles. The number of aromatic nitrogens is 2. The summed E-state index contributed by atoms with van der Waals surface area (Å²) in [4.78, 5) is 19.0. The minimum absolute atomic E-state index is 0.117. The number of rotatable bonds is 7.